The molecule has 2 bridgehead atoms. The van der Waals surface area contributed by atoms with Crippen molar-refractivity contribution in [3.63, 3.8) is 0 Å². The molecule has 1 saturated heterocycles. The van der Waals surface area contributed by atoms with Gasteiger partial charge in [0.25, 0.3) is 5.91 Å². The Morgan fingerprint density at radius 2 is 2.07 bits per heavy atom. The molecule has 30 heavy (non-hydrogen) atoms. The molecule has 2 heterocycles. The van der Waals surface area contributed by atoms with E-state index in [0.29, 0.717) is 16.5 Å². The number of H-pyrrole nitrogens is 1. The van der Waals surface area contributed by atoms with Gasteiger partial charge >= 0.3 is 0 Å². The smallest absolute Gasteiger partial charge is 0.255 e. The number of aromatic amines is 1. The number of benzene rings is 2. The zero-order chi connectivity index (χ0) is 20.8. The van der Waals surface area contributed by atoms with Gasteiger partial charge in [0.15, 0.2) is 0 Å². The van der Waals surface area contributed by atoms with Crippen LogP contribution < -0.4 is 5.32 Å². The van der Waals surface area contributed by atoms with E-state index < -0.39 is 24.4 Å². The van der Waals surface area contributed by atoms with E-state index in [1.54, 1.807) is 29.3 Å². The van der Waals surface area contributed by atoms with E-state index in [1.165, 1.54) is 12.1 Å². The second-order valence-electron chi connectivity index (χ2n) is 7.94. The van der Waals surface area contributed by atoms with Gasteiger partial charge in [-0.2, -0.15) is 5.10 Å². The van der Waals surface area contributed by atoms with E-state index in [2.05, 4.69) is 15.5 Å². The van der Waals surface area contributed by atoms with Gasteiger partial charge in [0.05, 0.1) is 29.6 Å². The molecule has 3 N–H and O–H groups in total. The topological polar surface area (TPSA) is 98.3 Å². The lowest BCUT2D eigenvalue weighted by molar-refractivity contribution is -0.121. The molecule has 8 heteroatoms. The van der Waals surface area contributed by atoms with E-state index in [1.807, 2.05) is 6.07 Å². The first-order chi connectivity index (χ1) is 14.6. The number of halogens is 1. The average Bonchev–Trinajstić information content (AvgIpc) is 3.49. The van der Waals surface area contributed by atoms with Gasteiger partial charge in [-0.3, -0.25) is 14.7 Å². The number of para-hydroxylation sites is 1. The molecule has 2 fully saturated rings. The number of likely N-dealkylation sites (tertiary alicyclic amines) is 1. The lowest BCUT2D eigenvalue weighted by Gasteiger charge is -2.34. The first kappa shape index (κ1) is 18.7. The number of hydrogen-bond donors (Lipinski definition) is 3. The lowest BCUT2D eigenvalue weighted by atomic mass is 9.96. The van der Waals surface area contributed by atoms with Crippen molar-refractivity contribution in [3.05, 3.63) is 59.5 Å². The molecule has 1 saturated carbocycles. The third kappa shape index (κ3) is 2.87. The fourth-order valence-electron chi connectivity index (χ4n) is 4.95. The maximum absolute atomic E-state index is 14.3. The lowest BCUT2D eigenvalue weighted by Crippen LogP contribution is -2.51. The molecule has 1 aromatic heterocycles. The minimum absolute atomic E-state index is 0.0154. The Kier molecular flexibility index (Phi) is 4.51. The summed E-state index contributed by atoms with van der Waals surface area (Å²) >= 11 is 0. The highest BCUT2D eigenvalue weighted by Crippen LogP contribution is 2.44. The highest BCUT2D eigenvalue weighted by atomic mass is 19.1. The van der Waals surface area contributed by atoms with Crippen molar-refractivity contribution >= 4 is 28.4 Å². The quantitative estimate of drug-likeness (QED) is 0.618. The van der Waals surface area contributed by atoms with Crippen LogP contribution in [-0.2, 0) is 11.4 Å². The summed E-state index contributed by atoms with van der Waals surface area (Å²) in [6.45, 7) is -0.394. The van der Waals surface area contributed by atoms with Gasteiger partial charge in [0.2, 0.25) is 5.91 Å². The number of carbonyl (C=O) groups excluding carboxylic acids is 2. The third-order valence-electron chi connectivity index (χ3n) is 6.32. The van der Waals surface area contributed by atoms with E-state index in [4.69, 9.17) is 0 Å². The second-order valence-corrected chi connectivity index (χ2v) is 7.94. The Bertz CT molecular complexity index is 1140. The van der Waals surface area contributed by atoms with Gasteiger partial charge in [-0.1, -0.05) is 18.2 Å². The fourth-order valence-corrected chi connectivity index (χ4v) is 4.95. The van der Waals surface area contributed by atoms with Crippen molar-refractivity contribution in [1.29, 1.82) is 0 Å². The molecule has 1 aliphatic heterocycles. The summed E-state index contributed by atoms with van der Waals surface area (Å²) in [4.78, 5) is 28.4. The molecule has 154 valence electrons. The summed E-state index contributed by atoms with van der Waals surface area (Å²) < 4.78 is 14.3. The van der Waals surface area contributed by atoms with Crippen LogP contribution in [0.1, 0.15) is 35.2 Å². The number of amides is 2. The van der Waals surface area contributed by atoms with Gasteiger partial charge in [-0.05, 0) is 43.4 Å². The summed E-state index contributed by atoms with van der Waals surface area (Å²) in [7, 11) is 0. The van der Waals surface area contributed by atoms with Crippen LogP contribution in [0.5, 0.6) is 0 Å². The number of hydrogen-bond acceptors (Lipinski definition) is 4. The summed E-state index contributed by atoms with van der Waals surface area (Å²) in [6, 6.07) is 8.94. The van der Waals surface area contributed by atoms with Gasteiger partial charge in [-0.25, -0.2) is 4.39 Å². The van der Waals surface area contributed by atoms with E-state index in [-0.39, 0.29) is 23.6 Å². The standard InChI is InChI=1S/C22H21FN4O3/c23-17-5-1-3-13(11-28)19(17)25-21(29)20-12-7-8-14(9-12)27(20)22(30)15-4-2-6-18-16(15)10-24-26-18/h1-6,10,12,14,20,28H,7-9,11H2,(H,24,26)(H,25,29)/t12-,14+,20+/m1/s1. The summed E-state index contributed by atoms with van der Waals surface area (Å²) in [5, 5.41) is 19.7. The molecular formula is C22H21FN4O3. The molecule has 0 radical (unpaired) electrons. The van der Waals surface area contributed by atoms with E-state index in [9.17, 15) is 19.1 Å². The molecule has 5 rings (SSSR count). The Balaban J connectivity index is 1.48. The van der Waals surface area contributed by atoms with Crippen molar-refractivity contribution in [1.82, 2.24) is 15.1 Å². The number of aromatic nitrogens is 2. The van der Waals surface area contributed by atoms with Gasteiger partial charge in [0.1, 0.15) is 11.9 Å². The number of aliphatic hydroxyl groups excluding tert-OH is 1. The highest BCUT2D eigenvalue weighted by molar-refractivity contribution is 6.08. The molecule has 0 spiro atoms. The molecule has 1 aliphatic carbocycles. The summed E-state index contributed by atoms with van der Waals surface area (Å²) in [6.07, 6.45) is 4.07. The van der Waals surface area contributed by atoms with Crippen LogP contribution in [0.25, 0.3) is 10.9 Å². The van der Waals surface area contributed by atoms with Crippen LogP contribution >= 0.6 is 0 Å². The van der Waals surface area contributed by atoms with Gasteiger partial charge < -0.3 is 15.3 Å². The van der Waals surface area contributed by atoms with Crippen molar-refractivity contribution in [2.24, 2.45) is 5.92 Å². The zero-order valence-corrected chi connectivity index (χ0v) is 16.1. The van der Waals surface area contributed by atoms with Gasteiger partial charge in [-0.15, -0.1) is 0 Å². The number of anilines is 1. The summed E-state index contributed by atoms with van der Waals surface area (Å²) in [5.74, 6) is -1.22. The molecule has 3 aromatic rings. The second kappa shape index (κ2) is 7.21. The third-order valence-corrected chi connectivity index (χ3v) is 6.32. The SMILES string of the molecule is O=C(Nc1c(F)cccc1CO)[C@@H]1[C@@H]2CC[C@@H](C2)N1C(=O)c1cccc2[nH]ncc12. The Hall–Kier alpha value is -3.26. The summed E-state index contributed by atoms with van der Waals surface area (Å²) in [5.41, 5.74) is 1.52. The number of nitrogens with one attached hydrogen (secondary N) is 2. The maximum Gasteiger partial charge on any atom is 0.255 e. The Labute approximate surface area is 171 Å². The van der Waals surface area contributed by atoms with Crippen molar-refractivity contribution < 1.29 is 19.1 Å². The van der Waals surface area contributed by atoms with Crippen LogP contribution in [0.15, 0.2) is 42.6 Å². The van der Waals surface area contributed by atoms with Crippen molar-refractivity contribution in [2.75, 3.05) is 5.32 Å². The average molecular weight is 408 g/mol. The van der Waals surface area contributed by atoms with Crippen LogP contribution in [0, 0.1) is 11.7 Å². The minimum Gasteiger partial charge on any atom is -0.392 e. The van der Waals surface area contributed by atoms with Crippen LogP contribution in [-0.4, -0.2) is 44.1 Å². The van der Waals surface area contributed by atoms with Crippen LogP contribution in [0.4, 0.5) is 10.1 Å². The molecule has 2 aliphatic rings. The normalized spacial score (nSPS) is 22.6. The van der Waals surface area contributed by atoms with Crippen molar-refractivity contribution in [3.8, 4) is 0 Å². The Morgan fingerprint density at radius 1 is 1.23 bits per heavy atom. The number of aliphatic hydroxyl groups is 1. The predicted octanol–water partition coefficient (Wildman–Crippen LogP) is 2.83. The molecule has 2 aromatic carbocycles. The van der Waals surface area contributed by atoms with Gasteiger partial charge in [0, 0.05) is 17.0 Å². The molecule has 3 atom stereocenters. The fraction of sp³-hybridized carbons (Fsp3) is 0.318. The number of rotatable bonds is 4. The van der Waals surface area contributed by atoms with E-state index in [0.717, 1.165) is 24.8 Å². The van der Waals surface area contributed by atoms with E-state index >= 15 is 0 Å². The zero-order valence-electron chi connectivity index (χ0n) is 16.1. The Morgan fingerprint density at radius 3 is 2.90 bits per heavy atom. The number of piperidine rings is 1. The number of carbonyl (C=O) groups is 2. The molecule has 2 amide bonds. The number of nitrogens with zero attached hydrogens (tertiary/aromatic N) is 2. The maximum atomic E-state index is 14.3. The molecule has 7 nitrogen and oxygen atoms in total. The van der Waals surface area contributed by atoms with Crippen LogP contribution in [0.2, 0.25) is 0 Å². The molecule has 0 unspecified atom stereocenters. The minimum atomic E-state index is -0.676. The van der Waals surface area contributed by atoms with Crippen LogP contribution in [0.3, 0.4) is 0 Å². The predicted molar refractivity (Wildman–Crippen MR) is 108 cm³/mol. The largest absolute Gasteiger partial charge is 0.392 e. The highest BCUT2D eigenvalue weighted by Gasteiger charge is 2.51. The first-order valence-electron chi connectivity index (χ1n) is 10.0. The monoisotopic (exact) mass is 408 g/mol. The number of fused-ring (bicyclic) bond motifs is 3. The first-order valence-corrected chi connectivity index (χ1v) is 10.0. The van der Waals surface area contributed by atoms with Crippen molar-refractivity contribution in [2.45, 2.75) is 38.0 Å². The molecular weight excluding hydrogens is 387 g/mol.